The van der Waals surface area contributed by atoms with E-state index in [0.717, 1.165) is 29.5 Å². The molecule has 1 saturated carbocycles. The third-order valence-corrected chi connectivity index (χ3v) is 3.37. The van der Waals surface area contributed by atoms with Crippen molar-refractivity contribution >= 4 is 17.5 Å². The van der Waals surface area contributed by atoms with E-state index in [0.29, 0.717) is 6.04 Å². The summed E-state index contributed by atoms with van der Waals surface area (Å²) in [4.78, 5) is 11.9. The Balaban J connectivity index is 2.18. The highest BCUT2D eigenvalue weighted by Crippen LogP contribution is 2.29. The molecule has 2 nitrogen and oxygen atoms in total. The molecule has 1 aromatic rings. The van der Waals surface area contributed by atoms with Crippen LogP contribution >= 0.6 is 11.6 Å². The molecule has 1 aliphatic carbocycles. The number of halogens is 1. The molecule has 0 bridgehead atoms. The molecule has 1 N–H and O–H groups in total. The molecular weight excluding hydrogens is 222 g/mol. The van der Waals surface area contributed by atoms with Crippen LogP contribution in [0.2, 0.25) is 0 Å². The van der Waals surface area contributed by atoms with E-state index in [1.54, 1.807) is 0 Å². The van der Waals surface area contributed by atoms with Crippen LogP contribution in [0.4, 0.5) is 0 Å². The number of nitrogens with one attached hydrogen (secondary N) is 1. The molecule has 0 spiro atoms. The fourth-order valence-electron chi connectivity index (χ4n) is 1.86. The molecule has 1 atom stereocenters. The minimum Gasteiger partial charge on any atom is -0.352 e. The summed E-state index contributed by atoms with van der Waals surface area (Å²) >= 11 is 6.23. The Labute approximate surface area is 101 Å². The van der Waals surface area contributed by atoms with Crippen molar-refractivity contribution < 1.29 is 4.79 Å². The maximum absolute atomic E-state index is 11.9. The maximum atomic E-state index is 11.9. The van der Waals surface area contributed by atoms with E-state index < -0.39 is 5.38 Å². The van der Waals surface area contributed by atoms with E-state index in [1.807, 2.05) is 32.0 Å². The highest BCUT2D eigenvalue weighted by atomic mass is 35.5. The van der Waals surface area contributed by atoms with E-state index in [-0.39, 0.29) is 5.91 Å². The first-order valence-electron chi connectivity index (χ1n) is 5.60. The monoisotopic (exact) mass is 237 g/mol. The first-order chi connectivity index (χ1) is 7.59. The molecule has 1 unspecified atom stereocenters. The summed E-state index contributed by atoms with van der Waals surface area (Å²) in [6.45, 7) is 3.98. The lowest BCUT2D eigenvalue weighted by molar-refractivity contribution is -0.121. The Kier molecular flexibility index (Phi) is 3.20. The van der Waals surface area contributed by atoms with Crippen LogP contribution in [0.25, 0.3) is 0 Å². The fraction of sp³-hybridized carbons (Fsp3) is 0.462. The number of benzene rings is 1. The molecule has 0 aromatic heterocycles. The third kappa shape index (κ3) is 2.38. The van der Waals surface area contributed by atoms with Gasteiger partial charge in [-0.15, -0.1) is 11.6 Å². The number of hydrogen-bond acceptors (Lipinski definition) is 1. The standard InChI is InChI=1S/C13H16ClNO/c1-8-4-3-5-9(2)11(8)12(14)13(16)15-10-6-7-10/h3-5,10,12H,6-7H2,1-2H3,(H,15,16). The highest BCUT2D eigenvalue weighted by molar-refractivity contribution is 6.31. The Morgan fingerprint density at radius 2 is 1.94 bits per heavy atom. The van der Waals surface area contributed by atoms with Crippen molar-refractivity contribution in [3.05, 3.63) is 34.9 Å². The van der Waals surface area contributed by atoms with Gasteiger partial charge in [0.1, 0.15) is 5.38 Å². The second kappa shape index (κ2) is 4.46. The summed E-state index contributed by atoms with van der Waals surface area (Å²) in [6, 6.07) is 6.32. The molecule has 16 heavy (non-hydrogen) atoms. The third-order valence-electron chi connectivity index (χ3n) is 2.95. The molecule has 3 heteroatoms. The molecule has 1 aromatic carbocycles. The van der Waals surface area contributed by atoms with Crippen molar-refractivity contribution in [3.63, 3.8) is 0 Å². The predicted octanol–water partition coefficient (Wildman–Crippen LogP) is 2.86. The molecule has 0 aliphatic heterocycles. The predicted molar refractivity (Wildman–Crippen MR) is 65.7 cm³/mol. The van der Waals surface area contributed by atoms with Crippen molar-refractivity contribution in [3.8, 4) is 0 Å². The minimum absolute atomic E-state index is 0.0680. The number of alkyl halides is 1. The number of carbonyl (C=O) groups excluding carboxylic acids is 1. The summed E-state index contributed by atoms with van der Waals surface area (Å²) < 4.78 is 0. The molecule has 1 fully saturated rings. The van der Waals surface area contributed by atoms with Gasteiger partial charge < -0.3 is 5.32 Å². The van der Waals surface area contributed by atoms with Gasteiger partial charge in [-0.3, -0.25) is 4.79 Å². The van der Waals surface area contributed by atoms with Gasteiger partial charge in [-0.05, 0) is 43.4 Å². The Bertz CT molecular complexity index is 392. The molecule has 1 amide bonds. The lowest BCUT2D eigenvalue weighted by Crippen LogP contribution is -2.29. The summed E-state index contributed by atoms with van der Waals surface area (Å²) in [7, 11) is 0. The molecular formula is C13H16ClNO. The Morgan fingerprint density at radius 3 is 2.44 bits per heavy atom. The second-order valence-electron chi connectivity index (χ2n) is 4.45. The van der Waals surface area contributed by atoms with E-state index in [9.17, 15) is 4.79 Å². The van der Waals surface area contributed by atoms with Gasteiger partial charge in [0.2, 0.25) is 5.91 Å². The van der Waals surface area contributed by atoms with Crippen molar-refractivity contribution in [2.75, 3.05) is 0 Å². The van der Waals surface area contributed by atoms with Crippen LogP contribution in [-0.4, -0.2) is 11.9 Å². The molecule has 2 rings (SSSR count). The van der Waals surface area contributed by atoms with Gasteiger partial charge in [-0.2, -0.15) is 0 Å². The number of rotatable bonds is 3. The zero-order chi connectivity index (χ0) is 11.7. The van der Waals surface area contributed by atoms with Gasteiger partial charge in [0.25, 0.3) is 0 Å². The lowest BCUT2D eigenvalue weighted by Gasteiger charge is -2.15. The van der Waals surface area contributed by atoms with Crippen LogP contribution in [0, 0.1) is 13.8 Å². The fourth-order valence-corrected chi connectivity index (χ4v) is 2.27. The Morgan fingerprint density at radius 1 is 1.38 bits per heavy atom. The van der Waals surface area contributed by atoms with Crippen molar-refractivity contribution in [2.24, 2.45) is 0 Å². The average molecular weight is 238 g/mol. The van der Waals surface area contributed by atoms with Crippen LogP contribution in [0.3, 0.4) is 0 Å². The van der Waals surface area contributed by atoms with Crippen molar-refractivity contribution in [2.45, 2.75) is 38.1 Å². The van der Waals surface area contributed by atoms with E-state index >= 15 is 0 Å². The van der Waals surface area contributed by atoms with Gasteiger partial charge in [0, 0.05) is 6.04 Å². The van der Waals surface area contributed by atoms with Gasteiger partial charge >= 0.3 is 0 Å². The van der Waals surface area contributed by atoms with Crippen molar-refractivity contribution in [1.29, 1.82) is 0 Å². The average Bonchev–Trinajstić information content (AvgIpc) is 3.01. The van der Waals surface area contributed by atoms with Crippen LogP contribution < -0.4 is 5.32 Å². The minimum atomic E-state index is -0.568. The number of carbonyl (C=O) groups is 1. The normalized spacial score (nSPS) is 16.9. The first kappa shape index (κ1) is 11.5. The summed E-state index contributed by atoms with van der Waals surface area (Å²) in [5, 5.41) is 2.37. The summed E-state index contributed by atoms with van der Waals surface area (Å²) in [5.74, 6) is -0.0680. The number of amides is 1. The second-order valence-corrected chi connectivity index (χ2v) is 4.89. The molecule has 1 aliphatic rings. The number of aryl methyl sites for hydroxylation is 2. The van der Waals surface area contributed by atoms with Crippen LogP contribution in [0.15, 0.2) is 18.2 Å². The van der Waals surface area contributed by atoms with Gasteiger partial charge in [0.15, 0.2) is 0 Å². The van der Waals surface area contributed by atoms with E-state index in [4.69, 9.17) is 11.6 Å². The summed E-state index contributed by atoms with van der Waals surface area (Å²) in [6.07, 6.45) is 2.17. The maximum Gasteiger partial charge on any atom is 0.242 e. The van der Waals surface area contributed by atoms with Gasteiger partial charge in [0.05, 0.1) is 0 Å². The molecule has 0 saturated heterocycles. The van der Waals surface area contributed by atoms with Crippen LogP contribution in [0.5, 0.6) is 0 Å². The SMILES string of the molecule is Cc1cccc(C)c1C(Cl)C(=O)NC1CC1. The Hall–Kier alpha value is -1.02. The smallest absolute Gasteiger partial charge is 0.242 e. The lowest BCUT2D eigenvalue weighted by atomic mass is 9.99. The number of hydrogen-bond donors (Lipinski definition) is 1. The van der Waals surface area contributed by atoms with Gasteiger partial charge in [-0.1, -0.05) is 18.2 Å². The molecule has 0 heterocycles. The topological polar surface area (TPSA) is 29.1 Å². The zero-order valence-electron chi connectivity index (χ0n) is 9.59. The first-order valence-corrected chi connectivity index (χ1v) is 6.04. The van der Waals surface area contributed by atoms with E-state index in [2.05, 4.69) is 5.32 Å². The molecule has 86 valence electrons. The quantitative estimate of drug-likeness (QED) is 0.805. The van der Waals surface area contributed by atoms with Crippen LogP contribution in [-0.2, 0) is 4.79 Å². The van der Waals surface area contributed by atoms with Crippen LogP contribution in [0.1, 0.15) is 34.9 Å². The van der Waals surface area contributed by atoms with Gasteiger partial charge in [-0.25, -0.2) is 0 Å². The highest BCUT2D eigenvalue weighted by Gasteiger charge is 2.28. The van der Waals surface area contributed by atoms with Crippen molar-refractivity contribution in [1.82, 2.24) is 5.32 Å². The van der Waals surface area contributed by atoms with E-state index in [1.165, 1.54) is 0 Å². The summed E-state index contributed by atoms with van der Waals surface area (Å²) in [5.41, 5.74) is 3.10. The largest absolute Gasteiger partial charge is 0.352 e. The molecule has 0 radical (unpaired) electrons. The zero-order valence-corrected chi connectivity index (χ0v) is 10.3.